The van der Waals surface area contributed by atoms with Crippen LogP contribution in [0.3, 0.4) is 0 Å². The lowest BCUT2D eigenvalue weighted by Crippen LogP contribution is -2.28. The predicted octanol–water partition coefficient (Wildman–Crippen LogP) is 2.67. The molecule has 0 radical (unpaired) electrons. The number of nitrogens with one attached hydrogen (secondary N) is 3. The highest BCUT2D eigenvalue weighted by Crippen LogP contribution is 2.15. The molecule has 0 fully saturated rings. The number of carbonyl (C=O) groups excluding carboxylic acids is 1. The monoisotopic (exact) mass is 361 g/mol. The van der Waals surface area contributed by atoms with Crippen molar-refractivity contribution in [1.82, 2.24) is 10.0 Å². The molecule has 0 aromatic heterocycles. The van der Waals surface area contributed by atoms with Crippen LogP contribution in [0.15, 0.2) is 42.5 Å². The van der Waals surface area contributed by atoms with Crippen LogP contribution in [0.2, 0.25) is 0 Å². The van der Waals surface area contributed by atoms with Crippen LogP contribution in [0.5, 0.6) is 0 Å². The second kappa shape index (κ2) is 8.13. The number of urea groups is 1. The molecule has 0 unspecified atom stereocenters. The molecule has 0 aliphatic heterocycles. The maximum atomic E-state index is 12.0. The fourth-order valence-corrected chi connectivity index (χ4v) is 3.12. The van der Waals surface area contributed by atoms with Crippen LogP contribution >= 0.6 is 0 Å². The third-order valence-electron chi connectivity index (χ3n) is 3.77. The molecule has 6 nitrogen and oxygen atoms in total. The van der Waals surface area contributed by atoms with E-state index in [1.54, 1.807) is 24.3 Å². The SMILES string of the molecule is CNS(=O)(=O)Cc1ccc(CNC(=O)Nc2ccc(C)cc2C)cc1. The summed E-state index contributed by atoms with van der Waals surface area (Å²) in [4.78, 5) is 12.0. The summed E-state index contributed by atoms with van der Waals surface area (Å²) in [6.45, 7) is 4.30. The van der Waals surface area contributed by atoms with Crippen LogP contribution in [0.1, 0.15) is 22.3 Å². The minimum atomic E-state index is -3.28. The molecule has 0 spiro atoms. The standard InChI is InChI=1S/C18H23N3O3S/c1-13-4-9-17(14(2)10-13)21-18(22)20-11-15-5-7-16(8-6-15)12-25(23,24)19-3/h4-10,19H,11-12H2,1-3H3,(H2,20,21,22). The van der Waals surface area contributed by atoms with Gasteiger partial charge in [0, 0.05) is 12.2 Å². The van der Waals surface area contributed by atoms with Crippen molar-refractivity contribution in [3.8, 4) is 0 Å². The first kappa shape index (κ1) is 19.0. The molecule has 2 amide bonds. The van der Waals surface area contributed by atoms with Gasteiger partial charge < -0.3 is 10.6 Å². The molecule has 2 aromatic carbocycles. The largest absolute Gasteiger partial charge is 0.334 e. The number of hydrogen-bond acceptors (Lipinski definition) is 3. The molecule has 0 saturated carbocycles. The van der Waals surface area contributed by atoms with Crippen LogP contribution in [-0.2, 0) is 22.3 Å². The summed E-state index contributed by atoms with van der Waals surface area (Å²) in [5, 5.41) is 5.61. The Labute approximate surface area is 148 Å². The normalized spacial score (nSPS) is 11.2. The number of hydrogen-bond donors (Lipinski definition) is 3. The number of carbonyl (C=O) groups is 1. The molecular formula is C18H23N3O3S. The van der Waals surface area contributed by atoms with E-state index in [0.29, 0.717) is 12.1 Å². The predicted molar refractivity (Wildman–Crippen MR) is 99.9 cm³/mol. The minimum Gasteiger partial charge on any atom is -0.334 e. The molecule has 0 bridgehead atoms. The quantitative estimate of drug-likeness (QED) is 0.739. The van der Waals surface area contributed by atoms with Gasteiger partial charge in [0.1, 0.15) is 0 Å². The first-order valence-corrected chi connectivity index (χ1v) is 9.55. The van der Waals surface area contributed by atoms with E-state index >= 15 is 0 Å². The van der Waals surface area contributed by atoms with E-state index in [2.05, 4.69) is 15.4 Å². The van der Waals surface area contributed by atoms with Gasteiger partial charge in [0.15, 0.2) is 0 Å². The summed E-state index contributed by atoms with van der Waals surface area (Å²) in [7, 11) is -1.89. The highest BCUT2D eigenvalue weighted by molar-refractivity contribution is 7.88. The first-order valence-electron chi connectivity index (χ1n) is 7.90. The summed E-state index contributed by atoms with van der Waals surface area (Å²) in [6, 6.07) is 12.6. The zero-order valence-corrected chi connectivity index (χ0v) is 15.4. The van der Waals surface area contributed by atoms with Gasteiger partial charge in [-0.1, -0.05) is 42.0 Å². The summed E-state index contributed by atoms with van der Waals surface area (Å²) in [5.41, 5.74) is 4.50. The van der Waals surface area contributed by atoms with E-state index in [0.717, 1.165) is 22.4 Å². The lowest BCUT2D eigenvalue weighted by Gasteiger charge is -2.11. The fourth-order valence-electron chi connectivity index (χ4n) is 2.35. The van der Waals surface area contributed by atoms with Crippen molar-refractivity contribution >= 4 is 21.7 Å². The summed E-state index contributed by atoms with van der Waals surface area (Å²) >= 11 is 0. The molecule has 2 aromatic rings. The van der Waals surface area contributed by atoms with E-state index in [9.17, 15) is 13.2 Å². The van der Waals surface area contributed by atoms with Crippen LogP contribution < -0.4 is 15.4 Å². The molecule has 0 saturated heterocycles. The molecule has 134 valence electrons. The Hall–Kier alpha value is -2.38. The Morgan fingerprint density at radius 1 is 1.00 bits per heavy atom. The summed E-state index contributed by atoms with van der Waals surface area (Å²) in [5.74, 6) is -0.0651. The second-order valence-corrected chi connectivity index (χ2v) is 7.83. The Morgan fingerprint density at radius 3 is 2.24 bits per heavy atom. The Morgan fingerprint density at radius 2 is 1.64 bits per heavy atom. The molecule has 7 heteroatoms. The average Bonchev–Trinajstić information content (AvgIpc) is 2.56. The van der Waals surface area contributed by atoms with Gasteiger partial charge in [0.05, 0.1) is 5.75 Å². The molecule has 0 heterocycles. The number of benzene rings is 2. The van der Waals surface area contributed by atoms with Crippen molar-refractivity contribution < 1.29 is 13.2 Å². The van der Waals surface area contributed by atoms with E-state index in [4.69, 9.17) is 0 Å². The van der Waals surface area contributed by atoms with E-state index in [1.807, 2.05) is 32.0 Å². The summed E-state index contributed by atoms with van der Waals surface area (Å²) in [6.07, 6.45) is 0. The van der Waals surface area contributed by atoms with E-state index < -0.39 is 10.0 Å². The lowest BCUT2D eigenvalue weighted by molar-refractivity contribution is 0.251. The van der Waals surface area contributed by atoms with Gasteiger partial charge in [0.2, 0.25) is 10.0 Å². The van der Waals surface area contributed by atoms with Crippen LogP contribution in [-0.4, -0.2) is 21.5 Å². The van der Waals surface area contributed by atoms with Crippen molar-refractivity contribution in [2.45, 2.75) is 26.1 Å². The molecule has 0 aliphatic carbocycles. The average molecular weight is 361 g/mol. The van der Waals surface area contributed by atoms with Gasteiger partial charge in [-0.25, -0.2) is 17.9 Å². The van der Waals surface area contributed by atoms with Gasteiger partial charge in [-0.15, -0.1) is 0 Å². The van der Waals surface area contributed by atoms with Crippen LogP contribution in [0.25, 0.3) is 0 Å². The molecule has 3 N–H and O–H groups in total. The van der Waals surface area contributed by atoms with Crippen molar-refractivity contribution in [2.24, 2.45) is 0 Å². The molecular weight excluding hydrogens is 338 g/mol. The fraction of sp³-hybridized carbons (Fsp3) is 0.278. The van der Waals surface area contributed by atoms with Crippen molar-refractivity contribution in [3.63, 3.8) is 0 Å². The Balaban J connectivity index is 1.89. The van der Waals surface area contributed by atoms with Crippen molar-refractivity contribution in [3.05, 3.63) is 64.7 Å². The van der Waals surface area contributed by atoms with Gasteiger partial charge >= 0.3 is 6.03 Å². The van der Waals surface area contributed by atoms with Gasteiger partial charge in [-0.3, -0.25) is 0 Å². The van der Waals surface area contributed by atoms with Crippen LogP contribution in [0, 0.1) is 13.8 Å². The van der Waals surface area contributed by atoms with Crippen molar-refractivity contribution in [2.75, 3.05) is 12.4 Å². The molecule has 2 rings (SSSR count). The zero-order valence-electron chi connectivity index (χ0n) is 14.6. The zero-order chi connectivity index (χ0) is 18.4. The smallest absolute Gasteiger partial charge is 0.319 e. The molecule has 0 atom stereocenters. The number of amides is 2. The third-order valence-corrected chi connectivity index (χ3v) is 5.11. The summed E-state index contributed by atoms with van der Waals surface area (Å²) < 4.78 is 25.3. The first-order chi connectivity index (χ1) is 11.8. The number of sulfonamides is 1. The minimum absolute atomic E-state index is 0.0651. The second-order valence-electron chi connectivity index (χ2n) is 5.91. The van der Waals surface area contributed by atoms with Gasteiger partial charge in [0.25, 0.3) is 0 Å². The van der Waals surface area contributed by atoms with E-state index in [-0.39, 0.29) is 11.8 Å². The Kier molecular flexibility index (Phi) is 6.17. The highest BCUT2D eigenvalue weighted by Gasteiger charge is 2.08. The maximum absolute atomic E-state index is 12.0. The lowest BCUT2D eigenvalue weighted by atomic mass is 10.1. The third kappa shape index (κ3) is 5.88. The van der Waals surface area contributed by atoms with Gasteiger partial charge in [-0.05, 0) is 43.7 Å². The maximum Gasteiger partial charge on any atom is 0.319 e. The number of rotatable bonds is 6. The number of aryl methyl sites for hydroxylation is 2. The molecule has 25 heavy (non-hydrogen) atoms. The molecule has 0 aliphatic rings. The van der Waals surface area contributed by atoms with E-state index in [1.165, 1.54) is 7.05 Å². The van der Waals surface area contributed by atoms with Crippen LogP contribution in [0.4, 0.5) is 10.5 Å². The topological polar surface area (TPSA) is 87.3 Å². The number of anilines is 1. The Bertz CT molecular complexity index is 846. The van der Waals surface area contributed by atoms with Gasteiger partial charge in [-0.2, -0.15) is 0 Å². The van der Waals surface area contributed by atoms with Crippen molar-refractivity contribution in [1.29, 1.82) is 0 Å². The highest BCUT2D eigenvalue weighted by atomic mass is 32.2.